The van der Waals surface area contributed by atoms with Crippen LogP contribution in [0.4, 0.5) is 4.39 Å². The van der Waals surface area contributed by atoms with Crippen LogP contribution in [0, 0.1) is 5.82 Å². The molecule has 1 aromatic rings. The highest BCUT2D eigenvalue weighted by molar-refractivity contribution is 5.18. The van der Waals surface area contributed by atoms with Crippen LogP contribution in [-0.4, -0.2) is 13.6 Å². The largest absolute Gasteiger partial charge is 0.665 e. The Morgan fingerprint density at radius 3 is 2.73 bits per heavy atom. The fourth-order valence-electron chi connectivity index (χ4n) is 0.933. The van der Waals surface area contributed by atoms with Gasteiger partial charge in [0.2, 0.25) is 0 Å². The molecule has 0 N–H and O–H groups in total. The van der Waals surface area contributed by atoms with Gasteiger partial charge >= 0.3 is 0 Å². The van der Waals surface area contributed by atoms with Gasteiger partial charge in [0.15, 0.2) is 0 Å². The van der Waals surface area contributed by atoms with Gasteiger partial charge in [-0.2, -0.15) is 7.05 Å². The molecule has 0 aliphatic carbocycles. The lowest BCUT2D eigenvalue weighted by molar-refractivity contribution is 0.611. The second-order valence-electron chi connectivity index (χ2n) is 2.38. The minimum Gasteiger partial charge on any atom is -0.665 e. The van der Waals surface area contributed by atoms with E-state index in [0.29, 0.717) is 13.0 Å². The van der Waals surface area contributed by atoms with Crippen LogP contribution in [0.15, 0.2) is 24.3 Å². The van der Waals surface area contributed by atoms with Crippen LogP contribution in [0.5, 0.6) is 0 Å². The molecule has 0 unspecified atom stereocenters. The first-order chi connectivity index (χ1) is 5.34. The summed E-state index contributed by atoms with van der Waals surface area (Å²) in [5.41, 5.74) is 0.748. The molecular weight excluding hydrogens is 141 g/mol. The van der Waals surface area contributed by atoms with E-state index in [0.717, 1.165) is 5.56 Å². The standard InChI is InChI=1S/C9H11FN/c1-11-7-6-8-4-2-3-5-9(8)10/h2-5H,6-7H2,1H3/q-1. The first kappa shape index (κ1) is 8.21. The summed E-state index contributed by atoms with van der Waals surface area (Å²) >= 11 is 0. The zero-order chi connectivity index (χ0) is 8.10. The van der Waals surface area contributed by atoms with E-state index in [1.54, 1.807) is 19.2 Å². The molecule has 2 heteroatoms. The highest BCUT2D eigenvalue weighted by Gasteiger charge is 1.95. The number of likely N-dealkylation sites (N-methyl/N-ethyl adjacent to an activating group) is 1. The van der Waals surface area contributed by atoms with Crippen LogP contribution in [0.25, 0.3) is 5.32 Å². The van der Waals surface area contributed by atoms with Crippen molar-refractivity contribution in [3.63, 3.8) is 0 Å². The Labute approximate surface area is 66.2 Å². The Morgan fingerprint density at radius 2 is 2.09 bits per heavy atom. The minimum absolute atomic E-state index is 0.129. The van der Waals surface area contributed by atoms with Crippen LogP contribution < -0.4 is 0 Å². The summed E-state index contributed by atoms with van der Waals surface area (Å²) in [6.45, 7) is 0.695. The fourth-order valence-corrected chi connectivity index (χ4v) is 0.933. The number of hydrogen-bond acceptors (Lipinski definition) is 0. The summed E-state index contributed by atoms with van der Waals surface area (Å²) < 4.78 is 12.9. The van der Waals surface area contributed by atoms with E-state index in [1.165, 1.54) is 6.07 Å². The minimum atomic E-state index is -0.129. The van der Waals surface area contributed by atoms with Gasteiger partial charge in [0.25, 0.3) is 0 Å². The number of halogens is 1. The number of hydrogen-bond donors (Lipinski definition) is 0. The van der Waals surface area contributed by atoms with E-state index in [2.05, 4.69) is 5.32 Å². The molecule has 0 aliphatic heterocycles. The summed E-state index contributed by atoms with van der Waals surface area (Å²) in [4.78, 5) is 0. The predicted octanol–water partition coefficient (Wildman–Crippen LogP) is 2.37. The molecule has 0 saturated carbocycles. The van der Waals surface area contributed by atoms with Crippen molar-refractivity contribution in [2.45, 2.75) is 6.42 Å². The molecule has 0 aromatic heterocycles. The number of benzene rings is 1. The zero-order valence-electron chi connectivity index (χ0n) is 6.55. The molecule has 11 heavy (non-hydrogen) atoms. The summed E-state index contributed by atoms with van der Waals surface area (Å²) in [7, 11) is 1.74. The van der Waals surface area contributed by atoms with E-state index in [4.69, 9.17) is 0 Å². The van der Waals surface area contributed by atoms with Crippen LogP contribution in [0.1, 0.15) is 5.56 Å². The lowest BCUT2D eigenvalue weighted by atomic mass is 10.1. The third kappa shape index (κ3) is 2.31. The van der Waals surface area contributed by atoms with Gasteiger partial charge in [0.05, 0.1) is 0 Å². The third-order valence-corrected chi connectivity index (χ3v) is 1.56. The summed E-state index contributed by atoms with van der Waals surface area (Å²) in [5.74, 6) is -0.129. The van der Waals surface area contributed by atoms with Gasteiger partial charge in [-0.3, -0.25) is 0 Å². The SMILES string of the molecule is C[N-]CCc1ccccc1F. The van der Waals surface area contributed by atoms with Gasteiger partial charge < -0.3 is 5.32 Å². The molecule has 0 fully saturated rings. The maximum atomic E-state index is 12.9. The number of rotatable bonds is 3. The Kier molecular flexibility index (Phi) is 3.05. The summed E-state index contributed by atoms with van der Waals surface area (Å²) in [6.07, 6.45) is 0.698. The van der Waals surface area contributed by atoms with Crippen molar-refractivity contribution >= 4 is 0 Å². The highest BCUT2D eigenvalue weighted by Crippen LogP contribution is 2.07. The molecule has 0 heterocycles. The van der Waals surface area contributed by atoms with E-state index in [-0.39, 0.29) is 5.82 Å². The Hall–Kier alpha value is -0.890. The van der Waals surface area contributed by atoms with Crippen molar-refractivity contribution in [3.05, 3.63) is 41.0 Å². The fraction of sp³-hybridized carbons (Fsp3) is 0.333. The average molecular weight is 152 g/mol. The Morgan fingerprint density at radius 1 is 1.36 bits per heavy atom. The zero-order valence-corrected chi connectivity index (χ0v) is 6.55. The Bertz CT molecular complexity index is 223. The Balaban J connectivity index is 2.62. The van der Waals surface area contributed by atoms with Crippen LogP contribution in [-0.2, 0) is 6.42 Å². The monoisotopic (exact) mass is 152 g/mol. The molecule has 0 amide bonds. The number of nitrogens with zero attached hydrogens (tertiary/aromatic N) is 1. The topological polar surface area (TPSA) is 14.1 Å². The van der Waals surface area contributed by atoms with Crippen LogP contribution >= 0.6 is 0 Å². The third-order valence-electron chi connectivity index (χ3n) is 1.56. The molecule has 1 nitrogen and oxygen atoms in total. The van der Waals surface area contributed by atoms with Crippen molar-refractivity contribution in [3.8, 4) is 0 Å². The first-order valence-electron chi connectivity index (χ1n) is 3.63. The van der Waals surface area contributed by atoms with Gasteiger partial charge in [0.1, 0.15) is 5.82 Å². The maximum Gasteiger partial charge on any atom is 0.126 e. The van der Waals surface area contributed by atoms with Gasteiger partial charge in [0, 0.05) is 0 Å². The maximum absolute atomic E-state index is 12.9. The lowest BCUT2D eigenvalue weighted by Crippen LogP contribution is -1.93. The van der Waals surface area contributed by atoms with E-state index in [9.17, 15) is 4.39 Å². The molecule has 0 radical (unpaired) electrons. The van der Waals surface area contributed by atoms with Gasteiger partial charge in [-0.25, -0.2) is 4.39 Å². The molecule has 1 aromatic carbocycles. The summed E-state index contributed by atoms with van der Waals surface area (Å²) in [6, 6.07) is 6.81. The van der Waals surface area contributed by atoms with Crippen LogP contribution in [0.2, 0.25) is 0 Å². The molecule has 0 saturated heterocycles. The molecule has 60 valence electrons. The van der Waals surface area contributed by atoms with Gasteiger partial charge in [-0.05, 0) is 18.1 Å². The molecular formula is C9H11FN-. The lowest BCUT2D eigenvalue weighted by Gasteiger charge is -2.10. The van der Waals surface area contributed by atoms with Crippen molar-refractivity contribution in [1.29, 1.82) is 0 Å². The normalized spacial score (nSPS) is 10.0. The van der Waals surface area contributed by atoms with Crippen molar-refractivity contribution in [1.82, 2.24) is 0 Å². The molecule has 0 atom stereocenters. The molecule has 0 bridgehead atoms. The average Bonchev–Trinajstić information content (AvgIpc) is 2.03. The quantitative estimate of drug-likeness (QED) is 0.631. The van der Waals surface area contributed by atoms with E-state index >= 15 is 0 Å². The van der Waals surface area contributed by atoms with Crippen molar-refractivity contribution in [2.24, 2.45) is 0 Å². The summed E-state index contributed by atoms with van der Waals surface area (Å²) in [5, 5.41) is 3.91. The second kappa shape index (κ2) is 4.09. The van der Waals surface area contributed by atoms with Crippen LogP contribution in [0.3, 0.4) is 0 Å². The molecule has 1 rings (SSSR count). The predicted molar refractivity (Wildman–Crippen MR) is 44.3 cm³/mol. The highest BCUT2D eigenvalue weighted by atomic mass is 19.1. The van der Waals surface area contributed by atoms with Crippen molar-refractivity contribution < 1.29 is 4.39 Å². The smallest absolute Gasteiger partial charge is 0.126 e. The van der Waals surface area contributed by atoms with Gasteiger partial charge in [-0.1, -0.05) is 18.2 Å². The molecule has 0 aliphatic rings. The first-order valence-corrected chi connectivity index (χ1v) is 3.63. The molecule has 0 spiro atoms. The van der Waals surface area contributed by atoms with Gasteiger partial charge in [-0.15, -0.1) is 6.54 Å². The van der Waals surface area contributed by atoms with E-state index in [1.807, 2.05) is 6.07 Å². The van der Waals surface area contributed by atoms with Crippen molar-refractivity contribution in [2.75, 3.05) is 13.6 Å². The second-order valence-corrected chi connectivity index (χ2v) is 2.38. The van der Waals surface area contributed by atoms with E-state index < -0.39 is 0 Å².